The lowest BCUT2D eigenvalue weighted by molar-refractivity contribution is -0.120. The van der Waals surface area contributed by atoms with Crippen LogP contribution in [-0.2, 0) is 25.5 Å². The van der Waals surface area contributed by atoms with E-state index in [9.17, 15) is 19.8 Å². The fourth-order valence-electron chi connectivity index (χ4n) is 3.66. The van der Waals surface area contributed by atoms with Gasteiger partial charge in [0.25, 0.3) is 5.91 Å². The standard InChI is InChI=1S/C25H24ClN3O7/c1-14-9-21-20(36-21)7-3-2-5-15(29-34-13-22(32)28-16-6-4-8-27-12-16)10-17-23(25(33)35-14)18(30)11-19(31)24(17)26/h2-8,11-12,14,20-21,30-31H,9-10,13H2,1H3,(H,28,32)/b5-2+,7-3-,29-15+/t14-,20-,21-/m1/s1. The number of hydrogen-bond acceptors (Lipinski definition) is 9. The van der Waals surface area contributed by atoms with E-state index in [4.69, 9.17) is 25.9 Å². The molecule has 0 aliphatic carbocycles. The summed E-state index contributed by atoms with van der Waals surface area (Å²) in [5.41, 5.74) is 0.663. The van der Waals surface area contributed by atoms with E-state index in [2.05, 4.69) is 15.5 Å². The quantitative estimate of drug-likeness (QED) is 0.320. The lowest BCUT2D eigenvalue weighted by Gasteiger charge is -2.17. The van der Waals surface area contributed by atoms with Crippen molar-refractivity contribution in [2.24, 2.45) is 5.16 Å². The first-order valence-electron chi connectivity index (χ1n) is 11.1. The molecule has 3 heterocycles. The second-order valence-corrected chi connectivity index (χ2v) is 8.62. The molecule has 10 nitrogen and oxygen atoms in total. The number of anilines is 1. The number of ether oxygens (including phenoxy) is 2. The largest absolute Gasteiger partial charge is 0.507 e. The molecule has 2 aromatic rings. The van der Waals surface area contributed by atoms with Crippen LogP contribution in [0.25, 0.3) is 0 Å². The average Bonchev–Trinajstić information content (AvgIpc) is 3.56. The summed E-state index contributed by atoms with van der Waals surface area (Å²) in [5, 5.41) is 27.1. The number of carbonyl (C=O) groups excluding carboxylic acids is 2. The van der Waals surface area contributed by atoms with Crippen LogP contribution in [0.1, 0.15) is 29.3 Å². The zero-order valence-corrected chi connectivity index (χ0v) is 20.0. The van der Waals surface area contributed by atoms with Crippen molar-refractivity contribution in [2.45, 2.75) is 38.1 Å². The Kier molecular flexibility index (Phi) is 7.87. The summed E-state index contributed by atoms with van der Waals surface area (Å²) in [4.78, 5) is 34.3. The van der Waals surface area contributed by atoms with Crippen LogP contribution < -0.4 is 5.32 Å². The monoisotopic (exact) mass is 513 g/mol. The van der Waals surface area contributed by atoms with Gasteiger partial charge < -0.3 is 29.8 Å². The predicted molar refractivity (Wildman–Crippen MR) is 131 cm³/mol. The van der Waals surface area contributed by atoms with E-state index in [1.54, 1.807) is 43.5 Å². The Labute approximate surface area is 211 Å². The maximum atomic E-state index is 12.9. The molecule has 4 rings (SSSR count). The van der Waals surface area contributed by atoms with Crippen molar-refractivity contribution in [3.05, 3.63) is 71.0 Å². The minimum atomic E-state index is -0.804. The summed E-state index contributed by atoms with van der Waals surface area (Å²) < 4.78 is 11.1. The highest BCUT2D eigenvalue weighted by molar-refractivity contribution is 6.33. The van der Waals surface area contributed by atoms with E-state index in [1.165, 1.54) is 6.20 Å². The van der Waals surface area contributed by atoms with Gasteiger partial charge in [-0.15, -0.1) is 0 Å². The Morgan fingerprint density at radius 2 is 2.17 bits per heavy atom. The van der Waals surface area contributed by atoms with Gasteiger partial charge in [0, 0.05) is 25.1 Å². The first kappa shape index (κ1) is 25.2. The number of benzene rings is 1. The summed E-state index contributed by atoms with van der Waals surface area (Å²) in [5.74, 6) is -2.16. The molecule has 3 N–H and O–H groups in total. The highest BCUT2D eigenvalue weighted by atomic mass is 35.5. The van der Waals surface area contributed by atoms with E-state index in [1.807, 2.05) is 6.08 Å². The summed E-state index contributed by atoms with van der Waals surface area (Å²) in [7, 11) is 0. The maximum Gasteiger partial charge on any atom is 0.342 e. The number of oxime groups is 1. The Hall–Kier alpha value is -3.89. The van der Waals surface area contributed by atoms with Crippen molar-refractivity contribution in [1.82, 2.24) is 4.98 Å². The van der Waals surface area contributed by atoms with Crippen LogP contribution in [0.5, 0.6) is 11.5 Å². The minimum absolute atomic E-state index is 0.0911. The molecule has 1 fully saturated rings. The number of rotatable bonds is 4. The number of fused-ring (bicyclic) bond motifs is 2. The maximum absolute atomic E-state index is 12.9. The molecular formula is C25H24ClN3O7. The van der Waals surface area contributed by atoms with Crippen LogP contribution >= 0.6 is 11.6 Å². The first-order valence-corrected chi connectivity index (χ1v) is 11.5. The van der Waals surface area contributed by atoms with Crippen molar-refractivity contribution in [1.29, 1.82) is 0 Å². The number of aromatic hydroxyl groups is 2. The number of phenols is 2. The Balaban J connectivity index is 1.60. The third kappa shape index (κ3) is 6.41. The number of phenolic OH excluding ortho intramolecular Hbond substituents is 2. The van der Waals surface area contributed by atoms with Crippen molar-refractivity contribution in [3.8, 4) is 11.5 Å². The topological polar surface area (TPSA) is 143 Å². The Morgan fingerprint density at radius 1 is 1.33 bits per heavy atom. The van der Waals surface area contributed by atoms with Crippen LogP contribution in [0, 0.1) is 0 Å². The molecular weight excluding hydrogens is 490 g/mol. The number of amides is 1. The number of aromatic nitrogens is 1. The molecule has 2 aliphatic rings. The van der Waals surface area contributed by atoms with Gasteiger partial charge >= 0.3 is 5.97 Å². The lowest BCUT2D eigenvalue weighted by atomic mass is 9.99. The Bertz CT molecular complexity index is 1230. The van der Waals surface area contributed by atoms with Crippen molar-refractivity contribution in [2.75, 3.05) is 11.9 Å². The fraction of sp³-hybridized carbons (Fsp3) is 0.280. The molecule has 0 unspecified atom stereocenters. The van der Waals surface area contributed by atoms with Gasteiger partial charge in [-0.2, -0.15) is 0 Å². The number of nitrogens with zero attached hydrogens (tertiary/aromatic N) is 2. The lowest BCUT2D eigenvalue weighted by Crippen LogP contribution is -2.20. The zero-order valence-electron chi connectivity index (χ0n) is 19.3. The molecule has 36 heavy (non-hydrogen) atoms. The molecule has 0 spiro atoms. The number of halogens is 1. The van der Waals surface area contributed by atoms with Gasteiger partial charge in [0.2, 0.25) is 0 Å². The fourth-order valence-corrected chi connectivity index (χ4v) is 3.88. The Morgan fingerprint density at radius 3 is 2.94 bits per heavy atom. The number of pyridine rings is 1. The van der Waals surface area contributed by atoms with Gasteiger partial charge in [0.05, 0.1) is 28.7 Å². The molecule has 1 saturated heterocycles. The number of carbonyl (C=O) groups is 2. The minimum Gasteiger partial charge on any atom is -0.507 e. The SMILES string of the molecule is C[C@@H]1C[C@H]2O[C@@H]2\C=C/C=C/C(=N\OCC(=O)Nc2cccnc2)Cc2c(Cl)c(O)cc(O)c2C(=O)O1. The van der Waals surface area contributed by atoms with Crippen LogP contribution in [0.4, 0.5) is 5.69 Å². The molecule has 1 aromatic heterocycles. The van der Waals surface area contributed by atoms with Gasteiger partial charge in [-0.25, -0.2) is 4.79 Å². The van der Waals surface area contributed by atoms with E-state index in [-0.39, 0.29) is 40.5 Å². The summed E-state index contributed by atoms with van der Waals surface area (Å²) in [6.45, 7) is 1.33. The van der Waals surface area contributed by atoms with Crippen molar-refractivity contribution < 1.29 is 34.1 Å². The first-order chi connectivity index (χ1) is 17.3. The van der Waals surface area contributed by atoms with Gasteiger partial charge in [-0.05, 0) is 30.7 Å². The molecule has 188 valence electrons. The molecule has 0 radical (unpaired) electrons. The van der Waals surface area contributed by atoms with Gasteiger partial charge in [-0.1, -0.05) is 35.0 Å². The van der Waals surface area contributed by atoms with E-state index >= 15 is 0 Å². The number of epoxide rings is 1. The van der Waals surface area contributed by atoms with Crippen LogP contribution in [-0.4, -0.2) is 57.7 Å². The van der Waals surface area contributed by atoms with E-state index in [0.717, 1.165) is 6.07 Å². The smallest absolute Gasteiger partial charge is 0.342 e. The van der Waals surface area contributed by atoms with Gasteiger partial charge in [-0.3, -0.25) is 9.78 Å². The third-order valence-electron chi connectivity index (χ3n) is 5.40. The third-order valence-corrected chi connectivity index (χ3v) is 5.82. The van der Waals surface area contributed by atoms with Crippen LogP contribution in [0.2, 0.25) is 5.02 Å². The number of cyclic esters (lactones) is 1. The average molecular weight is 514 g/mol. The molecule has 11 heteroatoms. The second-order valence-electron chi connectivity index (χ2n) is 8.24. The highest BCUT2D eigenvalue weighted by Gasteiger charge is 2.38. The molecule has 1 aromatic carbocycles. The highest BCUT2D eigenvalue weighted by Crippen LogP contribution is 2.38. The van der Waals surface area contributed by atoms with Gasteiger partial charge in [0.15, 0.2) is 6.61 Å². The summed E-state index contributed by atoms with van der Waals surface area (Å²) in [6.07, 6.45) is 9.68. The number of hydrogen-bond donors (Lipinski definition) is 3. The van der Waals surface area contributed by atoms with Gasteiger partial charge in [0.1, 0.15) is 29.3 Å². The molecule has 2 aliphatic heterocycles. The zero-order chi connectivity index (χ0) is 25.7. The number of nitrogens with one attached hydrogen (secondary N) is 1. The predicted octanol–water partition coefficient (Wildman–Crippen LogP) is 3.53. The van der Waals surface area contributed by atoms with E-state index < -0.39 is 36.1 Å². The van der Waals surface area contributed by atoms with Crippen molar-refractivity contribution >= 4 is 34.9 Å². The summed E-state index contributed by atoms with van der Waals surface area (Å²) >= 11 is 6.31. The molecule has 3 atom stereocenters. The number of esters is 1. The normalized spacial score (nSPS) is 24.4. The second kappa shape index (κ2) is 11.2. The molecule has 0 saturated carbocycles. The number of allylic oxidation sites excluding steroid dienone is 3. The van der Waals surface area contributed by atoms with Crippen LogP contribution in [0.15, 0.2) is 60.1 Å². The molecule has 1 amide bonds. The van der Waals surface area contributed by atoms with Crippen molar-refractivity contribution in [3.63, 3.8) is 0 Å². The van der Waals surface area contributed by atoms with Crippen LogP contribution in [0.3, 0.4) is 0 Å². The molecule has 0 bridgehead atoms. The summed E-state index contributed by atoms with van der Waals surface area (Å²) in [6, 6.07) is 4.33. The van der Waals surface area contributed by atoms with E-state index in [0.29, 0.717) is 12.1 Å².